The van der Waals surface area contributed by atoms with Crippen LogP contribution < -0.4 is 4.74 Å². The molecule has 3 nitrogen and oxygen atoms in total. The third kappa shape index (κ3) is 3.23. The Hall–Kier alpha value is -0.740. The summed E-state index contributed by atoms with van der Waals surface area (Å²) in [5.74, 6) is 0.930. The number of hydrogen-bond donors (Lipinski definition) is 0. The van der Waals surface area contributed by atoms with Crippen molar-refractivity contribution in [3.05, 3.63) is 28.2 Å². The molecule has 1 aromatic rings. The molecule has 5 heteroatoms. The minimum Gasteiger partial charge on any atom is -0.496 e. The molecule has 0 bridgehead atoms. The van der Waals surface area contributed by atoms with Crippen LogP contribution in [-0.2, 0) is 0 Å². The molecular formula is C14H17BrClNO2. The molecule has 0 aliphatic carbocycles. The highest BCUT2D eigenvalue weighted by Crippen LogP contribution is 2.27. The lowest BCUT2D eigenvalue weighted by atomic mass is 9.98. The number of nitrogens with zero attached hydrogens (tertiary/aromatic N) is 1. The summed E-state index contributed by atoms with van der Waals surface area (Å²) >= 11 is 9.59. The monoisotopic (exact) mass is 345 g/mol. The molecule has 2 rings (SSSR count). The number of halogens is 2. The van der Waals surface area contributed by atoms with Crippen molar-refractivity contribution in [3.8, 4) is 5.75 Å². The van der Waals surface area contributed by atoms with E-state index in [1.165, 1.54) is 0 Å². The van der Waals surface area contributed by atoms with Crippen LogP contribution in [0.1, 0.15) is 23.7 Å². The molecule has 1 amide bonds. The molecular weight excluding hydrogens is 330 g/mol. The topological polar surface area (TPSA) is 29.5 Å². The smallest absolute Gasteiger partial charge is 0.257 e. The second-order valence-corrected chi connectivity index (χ2v) is 6.35. The van der Waals surface area contributed by atoms with Gasteiger partial charge in [-0.2, -0.15) is 0 Å². The van der Waals surface area contributed by atoms with Gasteiger partial charge in [0.1, 0.15) is 5.75 Å². The molecule has 0 spiro atoms. The van der Waals surface area contributed by atoms with Gasteiger partial charge >= 0.3 is 0 Å². The number of benzene rings is 1. The Kier molecular flexibility index (Phi) is 4.74. The van der Waals surface area contributed by atoms with Crippen LogP contribution in [0.5, 0.6) is 5.75 Å². The Bertz CT molecular complexity index is 481. The van der Waals surface area contributed by atoms with Crippen LogP contribution >= 0.6 is 27.5 Å². The van der Waals surface area contributed by atoms with Crippen LogP contribution in [0.15, 0.2) is 22.7 Å². The minimum absolute atomic E-state index is 0.00793. The lowest BCUT2D eigenvalue weighted by Gasteiger charge is -2.34. The van der Waals surface area contributed by atoms with E-state index in [0.717, 1.165) is 10.9 Å². The number of methoxy groups -OCH3 is 1. The van der Waals surface area contributed by atoms with Crippen molar-refractivity contribution in [3.63, 3.8) is 0 Å². The Labute approximate surface area is 127 Å². The molecule has 19 heavy (non-hydrogen) atoms. The SMILES string of the molecule is COc1ccc(Br)cc1C(=O)N1CCC(Cl)C(C)C1. The fourth-order valence-electron chi connectivity index (χ4n) is 2.32. The van der Waals surface area contributed by atoms with Gasteiger partial charge in [0.05, 0.1) is 12.7 Å². The van der Waals surface area contributed by atoms with E-state index in [9.17, 15) is 4.79 Å². The number of rotatable bonds is 2. The van der Waals surface area contributed by atoms with Crippen molar-refractivity contribution in [2.24, 2.45) is 5.92 Å². The maximum Gasteiger partial charge on any atom is 0.257 e. The van der Waals surface area contributed by atoms with Gasteiger partial charge in [-0.25, -0.2) is 0 Å². The van der Waals surface area contributed by atoms with Crippen molar-refractivity contribution < 1.29 is 9.53 Å². The molecule has 1 fully saturated rings. The van der Waals surface area contributed by atoms with Crippen LogP contribution in [-0.4, -0.2) is 36.4 Å². The predicted octanol–water partition coefficient (Wildman–Crippen LogP) is 3.55. The van der Waals surface area contributed by atoms with Crippen LogP contribution in [0.25, 0.3) is 0 Å². The second-order valence-electron chi connectivity index (χ2n) is 4.88. The molecule has 1 saturated heterocycles. The molecule has 1 aliphatic rings. The van der Waals surface area contributed by atoms with Gasteiger partial charge in [0.25, 0.3) is 5.91 Å². The first kappa shape index (κ1) is 14.7. The second kappa shape index (κ2) is 6.14. The average molecular weight is 347 g/mol. The van der Waals surface area contributed by atoms with E-state index in [0.29, 0.717) is 30.3 Å². The van der Waals surface area contributed by atoms with Gasteiger partial charge in [-0.15, -0.1) is 11.6 Å². The molecule has 104 valence electrons. The number of carbonyl (C=O) groups is 1. The highest BCUT2D eigenvalue weighted by molar-refractivity contribution is 9.10. The zero-order valence-electron chi connectivity index (χ0n) is 11.0. The van der Waals surface area contributed by atoms with Crippen molar-refractivity contribution in [1.29, 1.82) is 0 Å². The Morgan fingerprint density at radius 2 is 2.26 bits per heavy atom. The van der Waals surface area contributed by atoms with E-state index in [2.05, 4.69) is 22.9 Å². The number of alkyl halides is 1. The summed E-state index contributed by atoms with van der Waals surface area (Å²) in [6.07, 6.45) is 0.838. The Morgan fingerprint density at radius 1 is 1.53 bits per heavy atom. The lowest BCUT2D eigenvalue weighted by Crippen LogP contribution is -2.43. The summed E-state index contributed by atoms with van der Waals surface area (Å²) in [6, 6.07) is 5.47. The summed E-state index contributed by atoms with van der Waals surface area (Å²) < 4.78 is 6.14. The molecule has 2 atom stereocenters. The largest absolute Gasteiger partial charge is 0.496 e. The number of amides is 1. The van der Waals surface area contributed by atoms with Crippen molar-refractivity contribution in [1.82, 2.24) is 4.90 Å². The highest BCUT2D eigenvalue weighted by atomic mass is 79.9. The Morgan fingerprint density at radius 3 is 2.89 bits per heavy atom. The van der Waals surface area contributed by atoms with Crippen molar-refractivity contribution >= 4 is 33.4 Å². The van der Waals surface area contributed by atoms with E-state index >= 15 is 0 Å². The maximum atomic E-state index is 12.6. The van der Waals surface area contributed by atoms with Gasteiger partial charge in [0.2, 0.25) is 0 Å². The minimum atomic E-state index is 0.00793. The number of piperidine rings is 1. The summed E-state index contributed by atoms with van der Waals surface area (Å²) in [5, 5.41) is 0.161. The fraction of sp³-hybridized carbons (Fsp3) is 0.500. The van der Waals surface area contributed by atoms with Crippen LogP contribution in [0.4, 0.5) is 0 Å². The van der Waals surface area contributed by atoms with E-state index in [4.69, 9.17) is 16.3 Å². The molecule has 1 heterocycles. The van der Waals surface area contributed by atoms with Crippen LogP contribution in [0.3, 0.4) is 0 Å². The molecule has 0 saturated carbocycles. The van der Waals surface area contributed by atoms with E-state index in [1.54, 1.807) is 19.2 Å². The van der Waals surface area contributed by atoms with E-state index < -0.39 is 0 Å². The average Bonchev–Trinajstić information content (AvgIpc) is 2.41. The van der Waals surface area contributed by atoms with Gasteiger partial charge in [0.15, 0.2) is 0 Å². The van der Waals surface area contributed by atoms with Gasteiger partial charge < -0.3 is 9.64 Å². The fourth-order valence-corrected chi connectivity index (χ4v) is 2.86. The number of carbonyl (C=O) groups excluding carboxylic acids is 1. The zero-order chi connectivity index (χ0) is 14.0. The molecule has 1 aliphatic heterocycles. The first-order valence-electron chi connectivity index (χ1n) is 6.29. The predicted molar refractivity (Wildman–Crippen MR) is 80.0 cm³/mol. The number of hydrogen-bond acceptors (Lipinski definition) is 2. The van der Waals surface area contributed by atoms with E-state index in [-0.39, 0.29) is 11.3 Å². The van der Waals surface area contributed by atoms with Crippen molar-refractivity contribution in [2.75, 3.05) is 20.2 Å². The van der Waals surface area contributed by atoms with E-state index in [1.807, 2.05) is 11.0 Å². The molecule has 0 aromatic heterocycles. The van der Waals surface area contributed by atoms with Crippen LogP contribution in [0, 0.1) is 5.92 Å². The zero-order valence-corrected chi connectivity index (χ0v) is 13.4. The van der Waals surface area contributed by atoms with Gasteiger partial charge in [0, 0.05) is 22.9 Å². The summed E-state index contributed by atoms with van der Waals surface area (Å²) in [4.78, 5) is 14.4. The number of likely N-dealkylation sites (tertiary alicyclic amines) is 1. The standard InChI is InChI=1S/C14H17BrClNO2/c1-9-8-17(6-5-12(9)16)14(18)11-7-10(15)3-4-13(11)19-2/h3-4,7,9,12H,5-6,8H2,1-2H3. The summed E-state index contributed by atoms with van der Waals surface area (Å²) in [7, 11) is 1.58. The normalized spacial score (nSPS) is 23.3. The molecule has 0 radical (unpaired) electrons. The van der Waals surface area contributed by atoms with Gasteiger partial charge in [-0.05, 0) is 30.5 Å². The quantitative estimate of drug-likeness (QED) is 0.767. The first-order valence-corrected chi connectivity index (χ1v) is 7.52. The lowest BCUT2D eigenvalue weighted by molar-refractivity contribution is 0.0683. The van der Waals surface area contributed by atoms with Crippen LogP contribution in [0.2, 0.25) is 0 Å². The molecule has 1 aromatic carbocycles. The van der Waals surface area contributed by atoms with Gasteiger partial charge in [-0.3, -0.25) is 4.79 Å². The summed E-state index contributed by atoms with van der Waals surface area (Å²) in [6.45, 7) is 3.48. The third-order valence-corrected chi connectivity index (χ3v) is 4.62. The number of ether oxygens (including phenoxy) is 1. The molecule has 2 unspecified atom stereocenters. The van der Waals surface area contributed by atoms with Gasteiger partial charge in [-0.1, -0.05) is 22.9 Å². The Balaban J connectivity index is 2.22. The van der Waals surface area contributed by atoms with Crippen molar-refractivity contribution in [2.45, 2.75) is 18.7 Å². The summed E-state index contributed by atoms with van der Waals surface area (Å²) in [5.41, 5.74) is 0.595. The first-order chi connectivity index (χ1) is 9.02. The molecule has 0 N–H and O–H groups in total. The third-order valence-electron chi connectivity index (χ3n) is 3.48. The highest BCUT2D eigenvalue weighted by Gasteiger charge is 2.29. The maximum absolute atomic E-state index is 12.6.